The Balaban J connectivity index is 2.84. The highest BCUT2D eigenvalue weighted by Gasteiger charge is 2.20. The van der Waals surface area contributed by atoms with Gasteiger partial charge in [0, 0.05) is 11.5 Å². The summed E-state index contributed by atoms with van der Waals surface area (Å²) >= 11 is 0. The molecule has 0 aliphatic carbocycles. The maximum absolute atomic E-state index is 4.44. The molecule has 0 radical (unpaired) electrons. The summed E-state index contributed by atoms with van der Waals surface area (Å²) in [7, 11) is -1.50. The summed E-state index contributed by atoms with van der Waals surface area (Å²) in [6.45, 7) is 10.5. The van der Waals surface area contributed by atoms with Gasteiger partial charge in [0.15, 0.2) is 0 Å². The van der Waals surface area contributed by atoms with Crippen LogP contribution in [0.5, 0.6) is 0 Å². The summed E-state index contributed by atoms with van der Waals surface area (Å²) in [5.41, 5.74) is 2.34. The first-order chi connectivity index (χ1) is 7.06. The number of hydrogen-bond acceptors (Lipinski definition) is 1. The molecule has 0 bridgehead atoms. The van der Waals surface area contributed by atoms with Crippen LogP contribution in [0.2, 0.25) is 13.1 Å². The van der Waals surface area contributed by atoms with Crippen molar-refractivity contribution < 1.29 is 0 Å². The van der Waals surface area contributed by atoms with Crippen LogP contribution in [-0.4, -0.2) is 13.1 Å². The molecule has 15 heavy (non-hydrogen) atoms. The summed E-state index contributed by atoms with van der Waals surface area (Å²) < 4.78 is 0. The Bertz CT molecular complexity index is 341. The molecule has 0 fully saturated rings. The van der Waals surface area contributed by atoms with Crippen LogP contribution in [0.4, 0.5) is 0 Å². The van der Waals surface area contributed by atoms with Crippen LogP contribution in [0.3, 0.4) is 0 Å². The second kappa shape index (κ2) is 5.08. The van der Waals surface area contributed by atoms with Gasteiger partial charge in [0.1, 0.15) is 8.07 Å². The third kappa shape index (κ3) is 3.48. The van der Waals surface area contributed by atoms with Gasteiger partial charge in [-0.25, -0.2) is 0 Å². The van der Waals surface area contributed by atoms with Crippen molar-refractivity contribution in [2.24, 2.45) is 5.92 Å². The zero-order chi connectivity index (χ0) is 11.3. The minimum atomic E-state index is -1.50. The molecule has 0 saturated heterocycles. The average Bonchev–Trinajstić information content (AvgIpc) is 2.27. The second-order valence-corrected chi connectivity index (χ2v) is 8.68. The lowest BCUT2D eigenvalue weighted by molar-refractivity contribution is 0.945. The van der Waals surface area contributed by atoms with Crippen LogP contribution < -0.4 is 5.32 Å². The topological polar surface area (TPSA) is 12.9 Å². The zero-order valence-electron chi connectivity index (χ0n) is 9.77. The van der Waals surface area contributed by atoms with Crippen molar-refractivity contribution in [3.8, 4) is 0 Å². The number of allylic oxidation sites excluding steroid dienone is 2. The Labute approximate surface area is 93.6 Å². The van der Waals surface area contributed by atoms with Crippen molar-refractivity contribution in [1.29, 1.82) is 0 Å². The van der Waals surface area contributed by atoms with Crippen molar-refractivity contribution >= 4 is 13.4 Å². The maximum Gasteiger partial charge on any atom is 0.127 e. The molecule has 1 rings (SSSR count). The molecule has 1 atom stereocenters. The highest BCUT2D eigenvalue weighted by atomic mass is 28.3. The molecular formula is C13H19NSi. The third-order valence-corrected chi connectivity index (χ3v) is 5.16. The molecule has 0 amide bonds. The maximum atomic E-state index is 4.44. The molecule has 1 nitrogen and oxygen atoms in total. The summed E-state index contributed by atoms with van der Waals surface area (Å²) in [6.07, 6.45) is 6.06. The van der Waals surface area contributed by atoms with Gasteiger partial charge in [-0.15, -0.1) is 6.58 Å². The van der Waals surface area contributed by atoms with Crippen LogP contribution in [0.15, 0.2) is 48.8 Å². The number of rotatable bonds is 4. The predicted octanol–water partition coefficient (Wildman–Crippen LogP) is 2.91. The normalized spacial score (nSPS) is 14.1. The Morgan fingerprint density at radius 2 is 2.13 bits per heavy atom. The molecule has 0 aromatic carbocycles. The van der Waals surface area contributed by atoms with E-state index in [0.717, 1.165) is 0 Å². The van der Waals surface area contributed by atoms with Gasteiger partial charge in [0.05, 0.1) is 0 Å². The van der Waals surface area contributed by atoms with Gasteiger partial charge in [-0.3, -0.25) is 4.98 Å². The Kier molecular flexibility index (Phi) is 4.03. The van der Waals surface area contributed by atoms with E-state index < -0.39 is 8.07 Å². The van der Waals surface area contributed by atoms with Crippen molar-refractivity contribution in [1.82, 2.24) is 4.98 Å². The number of nitrogens with zero attached hydrogens (tertiary/aromatic N) is 1. The largest absolute Gasteiger partial charge is 0.266 e. The molecule has 0 aliphatic heterocycles. The van der Waals surface area contributed by atoms with E-state index in [1.165, 1.54) is 5.32 Å². The van der Waals surface area contributed by atoms with Crippen LogP contribution in [0, 0.1) is 5.92 Å². The molecule has 1 aromatic heterocycles. The molecule has 0 aliphatic rings. The van der Waals surface area contributed by atoms with Gasteiger partial charge in [0.25, 0.3) is 0 Å². The minimum absolute atomic E-state index is 0.445. The monoisotopic (exact) mass is 217 g/mol. The molecule has 80 valence electrons. The number of aromatic nitrogens is 1. The smallest absolute Gasteiger partial charge is 0.127 e. The fraction of sp³-hybridized carbons (Fsp3) is 0.308. The van der Waals surface area contributed by atoms with Gasteiger partial charge in [0.2, 0.25) is 0 Å². The second-order valence-electron chi connectivity index (χ2n) is 4.39. The summed E-state index contributed by atoms with van der Waals surface area (Å²) in [5.74, 6) is 0.445. The molecule has 1 aromatic rings. The van der Waals surface area contributed by atoms with E-state index in [-0.39, 0.29) is 0 Å². The fourth-order valence-corrected chi connectivity index (χ4v) is 3.19. The molecule has 0 spiro atoms. The number of pyridine rings is 1. The van der Waals surface area contributed by atoms with E-state index >= 15 is 0 Å². The van der Waals surface area contributed by atoms with Crippen molar-refractivity contribution in [2.45, 2.75) is 20.0 Å². The van der Waals surface area contributed by atoms with Gasteiger partial charge in [-0.05, 0) is 18.1 Å². The van der Waals surface area contributed by atoms with Crippen molar-refractivity contribution in [3.05, 3.63) is 48.8 Å². The molecule has 1 unspecified atom stereocenters. The van der Waals surface area contributed by atoms with E-state index in [9.17, 15) is 0 Å². The summed E-state index contributed by atoms with van der Waals surface area (Å²) in [5, 5.41) is 1.23. The van der Waals surface area contributed by atoms with Crippen LogP contribution in [0.1, 0.15) is 6.92 Å². The van der Waals surface area contributed by atoms with E-state index in [4.69, 9.17) is 0 Å². The molecule has 2 heteroatoms. The first kappa shape index (κ1) is 11.9. The predicted molar refractivity (Wildman–Crippen MR) is 69.9 cm³/mol. The Morgan fingerprint density at radius 3 is 2.67 bits per heavy atom. The average molecular weight is 217 g/mol. The standard InChI is InChI=1S/C13H19NSi/c1-5-12(2)9-11-15(3,4)13-8-6-7-10-14-13/h5-12H,1H2,2-4H3/b11-9+. The Morgan fingerprint density at radius 1 is 1.40 bits per heavy atom. The summed E-state index contributed by atoms with van der Waals surface area (Å²) in [4.78, 5) is 4.44. The fourth-order valence-electron chi connectivity index (χ4n) is 1.30. The summed E-state index contributed by atoms with van der Waals surface area (Å²) in [6, 6.07) is 6.14. The highest BCUT2D eigenvalue weighted by Crippen LogP contribution is 2.06. The van der Waals surface area contributed by atoms with Gasteiger partial charge in [-0.2, -0.15) is 0 Å². The lowest BCUT2D eigenvalue weighted by atomic mass is 10.2. The van der Waals surface area contributed by atoms with E-state index in [2.05, 4.69) is 55.5 Å². The lowest BCUT2D eigenvalue weighted by Crippen LogP contribution is -2.41. The first-order valence-corrected chi connectivity index (χ1v) is 8.37. The van der Waals surface area contributed by atoms with Gasteiger partial charge in [-0.1, -0.05) is 43.9 Å². The SMILES string of the molecule is C=CC(C)/C=C/[Si](C)(C)c1ccccn1. The quantitative estimate of drug-likeness (QED) is 0.558. The lowest BCUT2D eigenvalue weighted by Gasteiger charge is -2.17. The van der Waals surface area contributed by atoms with Crippen molar-refractivity contribution in [2.75, 3.05) is 0 Å². The third-order valence-electron chi connectivity index (χ3n) is 2.51. The number of hydrogen-bond donors (Lipinski definition) is 0. The zero-order valence-corrected chi connectivity index (χ0v) is 10.8. The Hall–Kier alpha value is -1.15. The molecule has 0 N–H and O–H groups in total. The van der Waals surface area contributed by atoms with Crippen LogP contribution in [-0.2, 0) is 0 Å². The van der Waals surface area contributed by atoms with Crippen LogP contribution >= 0.6 is 0 Å². The highest BCUT2D eigenvalue weighted by molar-refractivity contribution is 6.93. The van der Waals surface area contributed by atoms with Crippen molar-refractivity contribution in [3.63, 3.8) is 0 Å². The van der Waals surface area contributed by atoms with E-state index in [1.54, 1.807) is 0 Å². The van der Waals surface area contributed by atoms with E-state index in [0.29, 0.717) is 5.92 Å². The molecular weight excluding hydrogens is 198 g/mol. The van der Waals surface area contributed by atoms with Gasteiger partial charge >= 0.3 is 0 Å². The van der Waals surface area contributed by atoms with Crippen LogP contribution in [0.25, 0.3) is 0 Å². The molecule has 1 heterocycles. The van der Waals surface area contributed by atoms with Gasteiger partial charge < -0.3 is 0 Å². The molecule has 0 saturated carbocycles. The van der Waals surface area contributed by atoms with E-state index in [1.807, 2.05) is 18.3 Å². The minimum Gasteiger partial charge on any atom is -0.266 e. The first-order valence-electron chi connectivity index (χ1n) is 5.29.